The molecule has 142 valence electrons. The Labute approximate surface area is 149 Å². The number of phosphoric ester groups is 1. The first kappa shape index (κ1) is 21.8. The van der Waals surface area contributed by atoms with Gasteiger partial charge in [-0.3, -0.25) is 9.32 Å². The van der Waals surface area contributed by atoms with Crippen molar-refractivity contribution in [1.29, 1.82) is 0 Å². The minimum atomic E-state index is -4.63. The highest BCUT2D eigenvalue weighted by Crippen LogP contribution is 2.35. The lowest BCUT2D eigenvalue weighted by Gasteiger charge is -2.13. The third-order valence-electron chi connectivity index (χ3n) is 3.80. The topological polar surface area (TPSA) is 122 Å². The number of hydrogen-bond donors (Lipinski definition) is 4. The zero-order valence-electron chi connectivity index (χ0n) is 14.7. The highest BCUT2D eigenvalue weighted by molar-refractivity contribution is 7.46. The molecule has 0 unspecified atom stereocenters. The summed E-state index contributed by atoms with van der Waals surface area (Å²) in [6, 6.07) is 6.34. The summed E-state index contributed by atoms with van der Waals surface area (Å²) in [6.45, 7) is 1.66. The quantitative estimate of drug-likeness (QED) is 0.330. The van der Waals surface area contributed by atoms with Crippen LogP contribution in [0.2, 0.25) is 0 Å². The van der Waals surface area contributed by atoms with Crippen molar-refractivity contribution in [3.05, 3.63) is 29.8 Å². The fraction of sp³-hybridized carbons (Fsp3) is 0.588. The molecule has 1 aromatic rings. The van der Waals surface area contributed by atoms with E-state index in [1.807, 2.05) is 12.1 Å². The van der Waals surface area contributed by atoms with Crippen molar-refractivity contribution in [3.8, 4) is 0 Å². The molecule has 0 aliphatic rings. The van der Waals surface area contributed by atoms with Gasteiger partial charge in [0.25, 0.3) is 0 Å². The molecule has 1 amide bonds. The number of hydrogen-bond acceptors (Lipinski definition) is 4. The summed E-state index contributed by atoms with van der Waals surface area (Å²) in [7, 11) is -4.63. The molecule has 0 aliphatic carbocycles. The Bertz CT molecular complexity index is 559. The van der Waals surface area contributed by atoms with E-state index in [1.165, 1.54) is 37.7 Å². The molecular formula is C17H29N2O5P. The highest BCUT2D eigenvalue weighted by Gasteiger charge is 2.20. The van der Waals surface area contributed by atoms with Gasteiger partial charge in [-0.25, -0.2) is 4.57 Å². The molecule has 25 heavy (non-hydrogen) atoms. The molecule has 0 spiro atoms. The smallest absolute Gasteiger partial charge is 0.325 e. The van der Waals surface area contributed by atoms with Crippen LogP contribution in [-0.4, -0.2) is 28.3 Å². The van der Waals surface area contributed by atoms with Gasteiger partial charge in [-0.1, -0.05) is 51.2 Å². The fourth-order valence-electron chi connectivity index (χ4n) is 2.35. The van der Waals surface area contributed by atoms with E-state index in [9.17, 15) is 9.36 Å². The minimum Gasteiger partial charge on any atom is -0.325 e. The number of phosphoric acid groups is 1. The Balaban J connectivity index is 2.33. The number of anilines is 1. The molecular weight excluding hydrogens is 343 g/mol. The third kappa shape index (κ3) is 10.4. The van der Waals surface area contributed by atoms with Gasteiger partial charge in [0.05, 0.1) is 6.61 Å². The first-order chi connectivity index (χ1) is 11.8. The van der Waals surface area contributed by atoms with Crippen LogP contribution < -0.4 is 11.1 Å². The molecule has 1 aromatic carbocycles. The number of nitrogens with two attached hydrogens (primary N) is 1. The van der Waals surface area contributed by atoms with Gasteiger partial charge in [0, 0.05) is 5.69 Å². The predicted molar refractivity (Wildman–Crippen MR) is 98.1 cm³/mol. The van der Waals surface area contributed by atoms with Crippen molar-refractivity contribution in [1.82, 2.24) is 0 Å². The van der Waals surface area contributed by atoms with E-state index in [0.29, 0.717) is 5.69 Å². The molecule has 0 heterocycles. The molecule has 0 fully saturated rings. The lowest BCUT2D eigenvalue weighted by Crippen LogP contribution is -2.39. The number of unbranched alkanes of at least 4 members (excludes halogenated alkanes) is 5. The highest BCUT2D eigenvalue weighted by atomic mass is 31.2. The second-order valence-electron chi connectivity index (χ2n) is 6.10. The van der Waals surface area contributed by atoms with Crippen molar-refractivity contribution < 1.29 is 23.7 Å². The van der Waals surface area contributed by atoms with Crippen molar-refractivity contribution in [2.24, 2.45) is 5.73 Å². The zero-order chi connectivity index (χ0) is 18.7. The first-order valence-corrected chi connectivity index (χ1v) is 10.2. The summed E-state index contributed by atoms with van der Waals surface area (Å²) in [6.07, 6.45) is 8.52. The molecule has 0 bridgehead atoms. The number of aryl methyl sites for hydroxylation is 1. The maximum atomic E-state index is 11.8. The largest absolute Gasteiger partial charge is 0.469 e. The average molecular weight is 372 g/mol. The molecule has 0 radical (unpaired) electrons. The van der Waals surface area contributed by atoms with Crippen molar-refractivity contribution in [3.63, 3.8) is 0 Å². The summed E-state index contributed by atoms with van der Waals surface area (Å²) < 4.78 is 14.8. The van der Waals surface area contributed by atoms with Gasteiger partial charge in [-0.2, -0.15) is 0 Å². The van der Waals surface area contributed by atoms with Crippen LogP contribution in [0.3, 0.4) is 0 Å². The third-order valence-corrected chi connectivity index (χ3v) is 4.28. The molecule has 5 N–H and O–H groups in total. The van der Waals surface area contributed by atoms with E-state index in [0.717, 1.165) is 12.8 Å². The van der Waals surface area contributed by atoms with Gasteiger partial charge >= 0.3 is 7.82 Å². The normalized spacial score (nSPS) is 12.8. The van der Waals surface area contributed by atoms with Crippen LogP contribution in [0.1, 0.15) is 51.0 Å². The monoisotopic (exact) mass is 372 g/mol. The average Bonchev–Trinajstić information content (AvgIpc) is 2.56. The second-order valence-corrected chi connectivity index (χ2v) is 7.34. The Morgan fingerprint density at radius 2 is 1.76 bits per heavy atom. The fourth-order valence-corrected chi connectivity index (χ4v) is 2.71. The molecule has 0 saturated carbocycles. The summed E-state index contributed by atoms with van der Waals surface area (Å²) in [4.78, 5) is 29.0. The molecule has 0 aromatic heterocycles. The van der Waals surface area contributed by atoms with E-state index in [-0.39, 0.29) is 0 Å². The summed E-state index contributed by atoms with van der Waals surface area (Å²) >= 11 is 0. The van der Waals surface area contributed by atoms with Crippen LogP contribution in [0.25, 0.3) is 0 Å². The summed E-state index contributed by atoms with van der Waals surface area (Å²) in [5.74, 6) is -0.558. The number of amides is 1. The Morgan fingerprint density at radius 3 is 2.36 bits per heavy atom. The number of carbonyl (C=O) groups is 1. The van der Waals surface area contributed by atoms with Crippen molar-refractivity contribution in [2.75, 3.05) is 11.9 Å². The molecule has 0 saturated heterocycles. The summed E-state index contributed by atoms with van der Waals surface area (Å²) in [5, 5.41) is 2.60. The van der Waals surface area contributed by atoms with E-state index < -0.39 is 26.4 Å². The van der Waals surface area contributed by atoms with Crippen LogP contribution in [-0.2, 0) is 20.3 Å². The Morgan fingerprint density at radius 1 is 1.16 bits per heavy atom. The van der Waals surface area contributed by atoms with Crippen molar-refractivity contribution in [2.45, 2.75) is 57.9 Å². The molecule has 1 atom stereocenters. The first-order valence-electron chi connectivity index (χ1n) is 8.67. The van der Waals surface area contributed by atoms with Gasteiger partial charge in [-0.05, 0) is 30.5 Å². The number of benzene rings is 1. The van der Waals surface area contributed by atoms with E-state index >= 15 is 0 Å². The number of rotatable bonds is 12. The van der Waals surface area contributed by atoms with E-state index in [1.54, 1.807) is 12.1 Å². The van der Waals surface area contributed by atoms with E-state index in [4.69, 9.17) is 15.5 Å². The van der Waals surface area contributed by atoms with Gasteiger partial charge in [0.15, 0.2) is 0 Å². The van der Waals surface area contributed by atoms with Crippen LogP contribution in [0, 0.1) is 0 Å². The maximum Gasteiger partial charge on any atom is 0.469 e. The second kappa shape index (κ2) is 11.4. The van der Waals surface area contributed by atoms with E-state index in [2.05, 4.69) is 16.8 Å². The lowest BCUT2D eigenvalue weighted by atomic mass is 10.0. The molecule has 8 heteroatoms. The van der Waals surface area contributed by atoms with Crippen LogP contribution in [0.5, 0.6) is 0 Å². The van der Waals surface area contributed by atoms with Gasteiger partial charge in [-0.15, -0.1) is 0 Å². The number of carbonyl (C=O) groups excluding carboxylic acids is 1. The van der Waals surface area contributed by atoms with Gasteiger partial charge in [0.2, 0.25) is 5.91 Å². The van der Waals surface area contributed by atoms with Crippen molar-refractivity contribution >= 4 is 19.4 Å². The summed E-state index contributed by atoms with van der Waals surface area (Å²) in [5.41, 5.74) is 7.33. The molecule has 1 rings (SSSR count). The minimum absolute atomic E-state index is 0.549. The zero-order valence-corrected chi connectivity index (χ0v) is 15.6. The molecule has 0 aliphatic heterocycles. The van der Waals surface area contributed by atoms with Crippen LogP contribution >= 0.6 is 7.82 Å². The Kier molecular flexibility index (Phi) is 9.93. The van der Waals surface area contributed by atoms with Crippen LogP contribution in [0.4, 0.5) is 5.69 Å². The maximum absolute atomic E-state index is 11.8. The standard InChI is InChI=1S/C17H29N2O5P/c1-2-3-4-5-6-7-8-14-9-11-15(12-10-14)19-17(20)16(18)13-24-25(21,22)23/h9-12,16H,2-8,13,18H2,1H3,(H,19,20)(H2,21,22,23)/t16-/m1/s1. The number of nitrogens with one attached hydrogen (secondary N) is 1. The SMILES string of the molecule is CCCCCCCCc1ccc(NC(=O)[C@H](N)COP(=O)(O)O)cc1. The predicted octanol–water partition coefficient (Wildman–Crippen LogP) is 2.96. The van der Waals surface area contributed by atoms with Crippen LogP contribution in [0.15, 0.2) is 24.3 Å². The lowest BCUT2D eigenvalue weighted by molar-refractivity contribution is -0.118. The van der Waals surface area contributed by atoms with Gasteiger partial charge in [0.1, 0.15) is 6.04 Å². The molecule has 7 nitrogen and oxygen atoms in total. The Hall–Kier alpha value is -1.24. The van der Waals surface area contributed by atoms with Gasteiger partial charge < -0.3 is 20.8 Å².